The summed E-state index contributed by atoms with van der Waals surface area (Å²) in [6.45, 7) is -0.0246. The molecular formula is C18H21N3O4. The third kappa shape index (κ3) is 4.59. The number of pyridine rings is 1. The summed E-state index contributed by atoms with van der Waals surface area (Å²) in [6, 6.07) is 7.48. The fourth-order valence-electron chi connectivity index (χ4n) is 2.56. The molecule has 132 valence electrons. The molecule has 2 amide bonds. The molecule has 3 rings (SSSR count). The predicted molar refractivity (Wildman–Crippen MR) is 93.6 cm³/mol. The van der Waals surface area contributed by atoms with E-state index in [-0.39, 0.29) is 36.4 Å². The number of rotatable bonds is 7. The highest BCUT2D eigenvalue weighted by molar-refractivity contribution is 5.85. The molecule has 0 atom stereocenters. The van der Waals surface area contributed by atoms with E-state index in [1.165, 1.54) is 0 Å². The Kier molecular flexibility index (Phi) is 5.02. The monoisotopic (exact) mass is 343 g/mol. The van der Waals surface area contributed by atoms with Crippen molar-refractivity contribution in [3.05, 3.63) is 40.2 Å². The third-order valence-corrected chi connectivity index (χ3v) is 4.14. The van der Waals surface area contributed by atoms with Crippen LogP contribution in [0.4, 0.5) is 0 Å². The van der Waals surface area contributed by atoms with Crippen LogP contribution in [0.5, 0.6) is 5.75 Å². The molecule has 0 saturated heterocycles. The van der Waals surface area contributed by atoms with Crippen molar-refractivity contribution in [1.29, 1.82) is 0 Å². The largest absolute Gasteiger partial charge is 0.497 e. The molecule has 1 fully saturated rings. The molecule has 0 spiro atoms. The van der Waals surface area contributed by atoms with Crippen molar-refractivity contribution in [1.82, 2.24) is 15.6 Å². The first kappa shape index (κ1) is 17.0. The van der Waals surface area contributed by atoms with Gasteiger partial charge in [0.05, 0.1) is 19.2 Å². The van der Waals surface area contributed by atoms with Gasteiger partial charge in [0.2, 0.25) is 11.8 Å². The Hall–Kier alpha value is -2.83. The fourth-order valence-corrected chi connectivity index (χ4v) is 2.56. The molecule has 1 aromatic carbocycles. The third-order valence-electron chi connectivity index (χ3n) is 4.14. The number of benzene rings is 1. The van der Waals surface area contributed by atoms with Gasteiger partial charge in [0.1, 0.15) is 5.75 Å². The van der Waals surface area contributed by atoms with Gasteiger partial charge < -0.3 is 20.4 Å². The minimum absolute atomic E-state index is 0.0246. The van der Waals surface area contributed by atoms with Gasteiger partial charge in [-0.05, 0) is 42.8 Å². The van der Waals surface area contributed by atoms with Crippen molar-refractivity contribution in [2.75, 3.05) is 13.7 Å². The van der Waals surface area contributed by atoms with Gasteiger partial charge in [0.25, 0.3) is 5.56 Å². The number of methoxy groups -OCH3 is 1. The Morgan fingerprint density at radius 3 is 2.76 bits per heavy atom. The number of H-pyrrole nitrogens is 1. The van der Waals surface area contributed by atoms with Gasteiger partial charge in [-0.15, -0.1) is 0 Å². The summed E-state index contributed by atoms with van der Waals surface area (Å²) in [5, 5.41) is 6.26. The Labute approximate surface area is 144 Å². The molecule has 0 radical (unpaired) electrons. The van der Waals surface area contributed by atoms with Gasteiger partial charge in [-0.25, -0.2) is 0 Å². The van der Waals surface area contributed by atoms with Gasteiger partial charge >= 0.3 is 0 Å². The summed E-state index contributed by atoms with van der Waals surface area (Å²) in [5.74, 6) is 0.244. The predicted octanol–water partition coefficient (Wildman–Crippen LogP) is 0.864. The first-order chi connectivity index (χ1) is 12.0. The molecule has 25 heavy (non-hydrogen) atoms. The first-order valence-corrected chi connectivity index (χ1v) is 8.31. The van der Waals surface area contributed by atoms with E-state index < -0.39 is 0 Å². The number of carbonyl (C=O) groups excluding carboxylic acids is 2. The molecular weight excluding hydrogens is 322 g/mol. The van der Waals surface area contributed by atoms with Crippen LogP contribution in [0.25, 0.3) is 10.9 Å². The molecule has 1 saturated carbocycles. The first-order valence-electron chi connectivity index (χ1n) is 8.31. The van der Waals surface area contributed by atoms with Gasteiger partial charge in [-0.1, -0.05) is 0 Å². The number of amides is 2. The molecule has 7 nitrogen and oxygen atoms in total. The number of hydrogen-bond donors (Lipinski definition) is 3. The fraction of sp³-hybridized carbons (Fsp3) is 0.389. The number of ether oxygens (including phenoxy) is 1. The summed E-state index contributed by atoms with van der Waals surface area (Å²) in [7, 11) is 1.57. The molecule has 7 heteroatoms. The van der Waals surface area contributed by atoms with Crippen LogP contribution in [0.15, 0.2) is 29.1 Å². The smallest absolute Gasteiger partial charge is 0.251 e. The van der Waals surface area contributed by atoms with Crippen molar-refractivity contribution >= 4 is 22.7 Å². The summed E-state index contributed by atoms with van der Waals surface area (Å²) in [5.41, 5.74) is 1.00. The van der Waals surface area contributed by atoms with E-state index in [0.717, 1.165) is 18.2 Å². The number of nitrogens with one attached hydrogen (secondary N) is 3. The average Bonchev–Trinajstić information content (AvgIpc) is 3.41. The number of aryl methyl sites for hydroxylation is 1. The van der Waals surface area contributed by atoms with Crippen LogP contribution in [0.2, 0.25) is 0 Å². The van der Waals surface area contributed by atoms with Crippen LogP contribution in [0.1, 0.15) is 24.8 Å². The van der Waals surface area contributed by atoms with E-state index in [1.807, 2.05) is 12.1 Å². The van der Waals surface area contributed by atoms with Gasteiger partial charge in [0, 0.05) is 24.1 Å². The average molecular weight is 343 g/mol. The molecule has 0 unspecified atom stereocenters. The lowest BCUT2D eigenvalue weighted by Gasteiger charge is -2.07. The number of aromatic nitrogens is 1. The number of carbonyl (C=O) groups is 2. The zero-order valence-electron chi connectivity index (χ0n) is 14.1. The highest BCUT2D eigenvalue weighted by Crippen LogP contribution is 2.19. The van der Waals surface area contributed by atoms with Crippen molar-refractivity contribution in [3.8, 4) is 5.75 Å². The minimum atomic E-state index is -0.250. The molecule has 2 aromatic rings. The van der Waals surface area contributed by atoms with Crippen LogP contribution in [0.3, 0.4) is 0 Å². The van der Waals surface area contributed by atoms with Crippen molar-refractivity contribution in [3.63, 3.8) is 0 Å². The van der Waals surface area contributed by atoms with Crippen molar-refractivity contribution in [2.45, 2.75) is 31.7 Å². The Bertz CT molecular complexity index is 855. The topological polar surface area (TPSA) is 100 Å². The number of aromatic amines is 1. The van der Waals surface area contributed by atoms with Crippen LogP contribution in [-0.2, 0) is 16.0 Å². The van der Waals surface area contributed by atoms with E-state index in [0.29, 0.717) is 23.3 Å². The molecule has 1 heterocycles. The number of fused-ring (bicyclic) bond motifs is 1. The molecule has 1 aliphatic carbocycles. The lowest BCUT2D eigenvalue weighted by atomic mass is 10.1. The maximum absolute atomic E-state index is 12.1. The SMILES string of the molecule is COc1ccc2cc(CCC(=O)NCC(=O)NC3CC3)c(=O)[nH]c2c1. The summed E-state index contributed by atoms with van der Waals surface area (Å²) in [6.07, 6.45) is 2.49. The second-order valence-electron chi connectivity index (χ2n) is 6.20. The summed E-state index contributed by atoms with van der Waals surface area (Å²) >= 11 is 0. The number of hydrogen-bond acceptors (Lipinski definition) is 4. The van der Waals surface area contributed by atoms with E-state index in [4.69, 9.17) is 4.74 Å². The van der Waals surface area contributed by atoms with Crippen molar-refractivity contribution in [2.24, 2.45) is 0 Å². The van der Waals surface area contributed by atoms with Crippen LogP contribution < -0.4 is 20.9 Å². The summed E-state index contributed by atoms with van der Waals surface area (Å²) < 4.78 is 5.14. The van der Waals surface area contributed by atoms with E-state index >= 15 is 0 Å². The van der Waals surface area contributed by atoms with Gasteiger partial charge in [-0.3, -0.25) is 14.4 Å². The van der Waals surface area contributed by atoms with Gasteiger partial charge in [0.15, 0.2) is 0 Å². The van der Waals surface area contributed by atoms with Crippen LogP contribution in [0, 0.1) is 0 Å². The highest BCUT2D eigenvalue weighted by atomic mass is 16.5. The quantitative estimate of drug-likeness (QED) is 0.694. The second kappa shape index (κ2) is 7.38. The molecule has 1 aliphatic rings. The molecule has 0 aliphatic heterocycles. The molecule has 3 N–H and O–H groups in total. The Balaban J connectivity index is 1.56. The lowest BCUT2D eigenvalue weighted by Crippen LogP contribution is -2.38. The van der Waals surface area contributed by atoms with E-state index in [9.17, 15) is 14.4 Å². The Morgan fingerprint density at radius 1 is 1.24 bits per heavy atom. The lowest BCUT2D eigenvalue weighted by molar-refractivity contribution is -0.126. The standard InChI is InChI=1S/C18H21N3O4/c1-25-14-6-2-11-8-12(18(24)21-15(11)9-14)3-7-16(22)19-10-17(23)20-13-4-5-13/h2,6,8-9,13H,3-5,7,10H2,1H3,(H,19,22)(H,20,23)(H,21,24). The maximum Gasteiger partial charge on any atom is 0.251 e. The molecule has 0 bridgehead atoms. The van der Waals surface area contributed by atoms with Crippen LogP contribution in [-0.4, -0.2) is 36.5 Å². The zero-order valence-corrected chi connectivity index (χ0v) is 14.1. The summed E-state index contributed by atoms with van der Waals surface area (Å²) in [4.78, 5) is 38.3. The van der Waals surface area contributed by atoms with Crippen molar-refractivity contribution < 1.29 is 14.3 Å². The Morgan fingerprint density at radius 2 is 2.04 bits per heavy atom. The minimum Gasteiger partial charge on any atom is -0.497 e. The normalized spacial score (nSPS) is 13.5. The second-order valence-corrected chi connectivity index (χ2v) is 6.20. The van der Waals surface area contributed by atoms with Crippen LogP contribution >= 0.6 is 0 Å². The molecule has 1 aromatic heterocycles. The maximum atomic E-state index is 12.1. The van der Waals surface area contributed by atoms with E-state index in [1.54, 1.807) is 19.2 Å². The zero-order chi connectivity index (χ0) is 17.8. The van der Waals surface area contributed by atoms with E-state index in [2.05, 4.69) is 15.6 Å². The highest BCUT2D eigenvalue weighted by Gasteiger charge is 2.23. The van der Waals surface area contributed by atoms with Gasteiger partial charge in [-0.2, -0.15) is 0 Å².